The molecule has 4 heteroatoms. The predicted octanol–water partition coefficient (Wildman–Crippen LogP) is 5.04. The number of fused-ring (bicyclic) bond motifs is 3. The minimum Gasteiger partial charge on any atom is -0.236 e. The van der Waals surface area contributed by atoms with Crippen molar-refractivity contribution in [3.05, 3.63) is 71.9 Å². The molecule has 3 heterocycles. The number of thioether (sulfide) groups is 1. The number of para-hydroxylation sites is 1. The molecular formula is C21H17N3S. The van der Waals surface area contributed by atoms with Crippen LogP contribution in [0, 0.1) is 6.92 Å². The number of hydrogen-bond donors (Lipinski definition) is 0. The molecule has 122 valence electrons. The van der Waals surface area contributed by atoms with Crippen LogP contribution >= 0.6 is 11.8 Å². The van der Waals surface area contributed by atoms with Gasteiger partial charge in [-0.15, -0.1) is 11.8 Å². The van der Waals surface area contributed by atoms with E-state index in [4.69, 9.17) is 10.1 Å². The Hall–Kier alpha value is -2.59. The Balaban J connectivity index is 1.84. The third-order valence-corrected chi connectivity index (χ3v) is 5.83. The lowest BCUT2D eigenvalue weighted by Gasteiger charge is -2.04. The summed E-state index contributed by atoms with van der Waals surface area (Å²) in [6.07, 6.45) is 3.12. The van der Waals surface area contributed by atoms with Crippen molar-refractivity contribution >= 4 is 22.8 Å². The summed E-state index contributed by atoms with van der Waals surface area (Å²) >= 11 is 1.92. The molecule has 0 radical (unpaired) electrons. The number of aromatic nitrogens is 3. The zero-order valence-electron chi connectivity index (χ0n) is 13.9. The average molecular weight is 343 g/mol. The molecule has 0 atom stereocenters. The van der Waals surface area contributed by atoms with E-state index in [-0.39, 0.29) is 0 Å². The van der Waals surface area contributed by atoms with Gasteiger partial charge in [0.05, 0.1) is 11.1 Å². The summed E-state index contributed by atoms with van der Waals surface area (Å²) in [5.74, 6) is 1.12. The van der Waals surface area contributed by atoms with E-state index < -0.39 is 0 Å². The number of benzene rings is 2. The van der Waals surface area contributed by atoms with Gasteiger partial charge in [-0.25, -0.2) is 9.67 Å². The second-order valence-corrected chi connectivity index (χ2v) is 7.48. The molecule has 0 fully saturated rings. The minimum atomic E-state index is 0.940. The van der Waals surface area contributed by atoms with E-state index in [1.165, 1.54) is 21.4 Å². The number of pyridine rings is 1. The lowest BCUT2D eigenvalue weighted by atomic mass is 10.1. The normalized spacial score (nSPS) is 13.3. The zero-order chi connectivity index (χ0) is 16.8. The molecule has 1 aliphatic heterocycles. The molecule has 2 aromatic heterocycles. The SMILES string of the molecule is Cc1ccc(-c2nn(-c3ccccc3)c3ncc4c(c23)SCC4)cc1. The first-order valence-electron chi connectivity index (χ1n) is 8.47. The molecule has 0 N–H and O–H groups in total. The summed E-state index contributed by atoms with van der Waals surface area (Å²) in [4.78, 5) is 6.13. The highest BCUT2D eigenvalue weighted by molar-refractivity contribution is 7.99. The summed E-state index contributed by atoms with van der Waals surface area (Å²) < 4.78 is 1.98. The van der Waals surface area contributed by atoms with E-state index in [1.807, 2.05) is 40.8 Å². The molecule has 0 bridgehead atoms. The molecule has 0 aliphatic carbocycles. The van der Waals surface area contributed by atoms with Gasteiger partial charge < -0.3 is 0 Å². The van der Waals surface area contributed by atoms with Crippen LogP contribution in [0.25, 0.3) is 28.0 Å². The Bertz CT molecular complexity index is 1070. The highest BCUT2D eigenvalue weighted by Gasteiger charge is 2.23. The number of aryl methyl sites for hydroxylation is 2. The monoisotopic (exact) mass is 343 g/mol. The third-order valence-electron chi connectivity index (χ3n) is 4.67. The molecular weight excluding hydrogens is 326 g/mol. The second kappa shape index (κ2) is 5.74. The summed E-state index contributed by atoms with van der Waals surface area (Å²) in [6, 6.07) is 18.9. The maximum absolute atomic E-state index is 4.98. The van der Waals surface area contributed by atoms with Gasteiger partial charge in [-0.3, -0.25) is 0 Å². The first-order chi connectivity index (χ1) is 12.3. The first kappa shape index (κ1) is 14.7. The van der Waals surface area contributed by atoms with E-state index in [0.29, 0.717) is 0 Å². The van der Waals surface area contributed by atoms with Crippen LogP contribution in [0.5, 0.6) is 0 Å². The molecule has 4 aromatic rings. The van der Waals surface area contributed by atoms with E-state index in [9.17, 15) is 0 Å². The van der Waals surface area contributed by atoms with Gasteiger partial charge in [0, 0.05) is 22.4 Å². The largest absolute Gasteiger partial charge is 0.236 e. The Morgan fingerprint density at radius 1 is 1.00 bits per heavy atom. The van der Waals surface area contributed by atoms with Crippen molar-refractivity contribution in [1.29, 1.82) is 0 Å². The molecule has 0 spiro atoms. The molecule has 1 aliphatic rings. The Morgan fingerprint density at radius 3 is 2.60 bits per heavy atom. The average Bonchev–Trinajstić information content (AvgIpc) is 3.27. The first-order valence-corrected chi connectivity index (χ1v) is 9.46. The Labute approximate surface area is 150 Å². The molecule has 25 heavy (non-hydrogen) atoms. The van der Waals surface area contributed by atoms with Crippen molar-refractivity contribution in [2.45, 2.75) is 18.2 Å². The third kappa shape index (κ3) is 2.36. The van der Waals surface area contributed by atoms with E-state index in [1.54, 1.807) is 0 Å². The number of nitrogens with zero attached hydrogens (tertiary/aromatic N) is 3. The summed E-state index contributed by atoms with van der Waals surface area (Å²) in [5, 5.41) is 6.17. The quantitative estimate of drug-likeness (QED) is 0.510. The van der Waals surface area contributed by atoms with Crippen LogP contribution in [0.3, 0.4) is 0 Å². The number of hydrogen-bond acceptors (Lipinski definition) is 3. The molecule has 0 saturated heterocycles. The minimum absolute atomic E-state index is 0.940. The molecule has 0 unspecified atom stereocenters. The summed E-state index contributed by atoms with van der Waals surface area (Å²) in [5.41, 5.74) is 6.76. The van der Waals surface area contributed by atoms with Crippen LogP contribution in [0.4, 0.5) is 0 Å². The van der Waals surface area contributed by atoms with Crippen molar-refractivity contribution in [3.63, 3.8) is 0 Å². The fourth-order valence-electron chi connectivity index (χ4n) is 3.36. The van der Waals surface area contributed by atoms with E-state index in [2.05, 4.69) is 43.3 Å². The summed E-state index contributed by atoms with van der Waals surface area (Å²) in [7, 11) is 0. The van der Waals surface area contributed by atoms with Crippen molar-refractivity contribution in [2.75, 3.05) is 5.75 Å². The van der Waals surface area contributed by atoms with Crippen LogP contribution < -0.4 is 0 Å². The lowest BCUT2D eigenvalue weighted by molar-refractivity contribution is 0.899. The standard InChI is InChI=1S/C21H17N3S/c1-14-7-9-15(10-8-14)19-18-20-16(11-12-25-20)13-22-21(18)24(23-19)17-5-3-2-4-6-17/h2-10,13H,11-12H2,1H3. The van der Waals surface area contributed by atoms with Crippen LogP contribution in [-0.2, 0) is 6.42 Å². The van der Waals surface area contributed by atoms with E-state index in [0.717, 1.165) is 34.8 Å². The predicted molar refractivity (Wildman–Crippen MR) is 103 cm³/mol. The smallest absolute Gasteiger partial charge is 0.164 e. The second-order valence-electron chi connectivity index (χ2n) is 6.37. The fourth-order valence-corrected chi connectivity index (χ4v) is 4.56. The van der Waals surface area contributed by atoms with Gasteiger partial charge in [-0.05, 0) is 31.0 Å². The Morgan fingerprint density at radius 2 is 1.80 bits per heavy atom. The van der Waals surface area contributed by atoms with Crippen molar-refractivity contribution in [3.8, 4) is 16.9 Å². The van der Waals surface area contributed by atoms with Gasteiger partial charge in [0.15, 0.2) is 5.65 Å². The van der Waals surface area contributed by atoms with Crippen LogP contribution in [0.2, 0.25) is 0 Å². The summed E-state index contributed by atoms with van der Waals surface area (Å²) in [6.45, 7) is 2.11. The highest BCUT2D eigenvalue weighted by Crippen LogP contribution is 2.41. The topological polar surface area (TPSA) is 30.7 Å². The van der Waals surface area contributed by atoms with Crippen LogP contribution in [0.1, 0.15) is 11.1 Å². The van der Waals surface area contributed by atoms with E-state index >= 15 is 0 Å². The van der Waals surface area contributed by atoms with Crippen LogP contribution in [0.15, 0.2) is 65.7 Å². The van der Waals surface area contributed by atoms with Crippen LogP contribution in [-0.4, -0.2) is 20.5 Å². The molecule has 3 nitrogen and oxygen atoms in total. The van der Waals surface area contributed by atoms with Crippen molar-refractivity contribution in [2.24, 2.45) is 0 Å². The fraction of sp³-hybridized carbons (Fsp3) is 0.143. The van der Waals surface area contributed by atoms with Gasteiger partial charge in [-0.2, -0.15) is 5.10 Å². The molecule has 0 saturated carbocycles. The number of rotatable bonds is 2. The highest BCUT2D eigenvalue weighted by atomic mass is 32.2. The van der Waals surface area contributed by atoms with Crippen molar-refractivity contribution < 1.29 is 0 Å². The maximum Gasteiger partial charge on any atom is 0.164 e. The molecule has 0 amide bonds. The van der Waals surface area contributed by atoms with Crippen molar-refractivity contribution in [1.82, 2.24) is 14.8 Å². The molecule has 5 rings (SSSR count). The van der Waals surface area contributed by atoms with Gasteiger partial charge in [0.25, 0.3) is 0 Å². The van der Waals surface area contributed by atoms with Gasteiger partial charge >= 0.3 is 0 Å². The maximum atomic E-state index is 4.98. The van der Waals surface area contributed by atoms with Gasteiger partial charge in [0.1, 0.15) is 5.69 Å². The molecule has 2 aromatic carbocycles. The Kier molecular flexibility index (Phi) is 3.38. The van der Waals surface area contributed by atoms with Gasteiger partial charge in [0.2, 0.25) is 0 Å². The zero-order valence-corrected chi connectivity index (χ0v) is 14.8. The lowest BCUT2D eigenvalue weighted by Crippen LogP contribution is -1.97. The van der Waals surface area contributed by atoms with Gasteiger partial charge in [-0.1, -0.05) is 48.0 Å².